The molecule has 5 rings (SSSR count). The van der Waals surface area contributed by atoms with E-state index in [1.165, 1.54) is 16.7 Å². The topological polar surface area (TPSA) is 48.3 Å². The molecule has 5 heteroatoms. The summed E-state index contributed by atoms with van der Waals surface area (Å²) in [4.78, 5) is 0. The van der Waals surface area contributed by atoms with E-state index in [-0.39, 0.29) is 6.17 Å². The van der Waals surface area contributed by atoms with Gasteiger partial charge in [-0.1, -0.05) is 47.5 Å². The summed E-state index contributed by atoms with van der Waals surface area (Å²) in [5.74, 6) is 1.48. The Labute approximate surface area is 195 Å². The second-order valence-electron chi connectivity index (χ2n) is 8.62. The van der Waals surface area contributed by atoms with E-state index in [1.54, 1.807) is 0 Å². The third-order valence-corrected chi connectivity index (χ3v) is 5.94. The summed E-state index contributed by atoms with van der Waals surface area (Å²) < 4.78 is 14.2. The lowest BCUT2D eigenvalue weighted by Crippen LogP contribution is -2.25. The van der Waals surface area contributed by atoms with Crippen LogP contribution in [0.25, 0.3) is 11.3 Å². The van der Waals surface area contributed by atoms with E-state index in [1.807, 2.05) is 19.9 Å². The molecule has 4 aromatic rings. The number of rotatable bonds is 6. The highest BCUT2D eigenvalue weighted by Gasteiger charge is 2.27. The monoisotopic (exact) mass is 439 g/mol. The summed E-state index contributed by atoms with van der Waals surface area (Å²) in [6.07, 6.45) is -0.130. The largest absolute Gasteiger partial charge is 0.490 e. The first-order chi connectivity index (χ1) is 16.0. The third kappa shape index (κ3) is 4.19. The molecule has 5 nitrogen and oxygen atoms in total. The SMILES string of the molecule is CCOc1cc(C2Nc3ccc(C)cc3-c3cc(C)nn32)ccc1OCc1ccc(C)cc1. The zero-order valence-electron chi connectivity index (χ0n) is 19.6. The van der Waals surface area contributed by atoms with E-state index < -0.39 is 0 Å². The molecule has 168 valence electrons. The molecular weight excluding hydrogens is 410 g/mol. The lowest BCUT2D eigenvalue weighted by molar-refractivity contribution is 0.269. The van der Waals surface area contributed by atoms with Gasteiger partial charge in [-0.15, -0.1) is 0 Å². The standard InChI is InChI=1S/C28H29N3O2/c1-5-32-27-16-22(11-13-26(27)33-17-21-9-6-18(2)7-10-21)28-29-24-12-8-19(3)14-23(24)25-15-20(4)30-31(25)28/h6-16,28-29H,5,17H2,1-4H3. The molecule has 0 fully saturated rings. The number of ether oxygens (including phenoxy) is 2. The molecule has 2 heterocycles. The van der Waals surface area contributed by atoms with Crippen LogP contribution in [-0.4, -0.2) is 16.4 Å². The predicted octanol–water partition coefficient (Wildman–Crippen LogP) is 6.43. The Kier molecular flexibility index (Phi) is 5.55. The Balaban J connectivity index is 1.47. The summed E-state index contributed by atoms with van der Waals surface area (Å²) in [6.45, 7) is 9.28. The van der Waals surface area contributed by atoms with Crippen molar-refractivity contribution in [3.8, 4) is 22.8 Å². The molecule has 0 aliphatic carbocycles. The first kappa shape index (κ1) is 21.1. The highest BCUT2D eigenvalue weighted by atomic mass is 16.5. The number of nitrogens with zero attached hydrogens (tertiary/aromatic N) is 2. The Morgan fingerprint density at radius 3 is 2.42 bits per heavy atom. The molecule has 1 unspecified atom stereocenters. The molecule has 0 bridgehead atoms. The maximum absolute atomic E-state index is 6.13. The molecule has 3 aromatic carbocycles. The van der Waals surface area contributed by atoms with Gasteiger partial charge in [-0.3, -0.25) is 0 Å². The van der Waals surface area contributed by atoms with Crippen molar-refractivity contribution in [3.05, 3.63) is 94.7 Å². The lowest BCUT2D eigenvalue weighted by atomic mass is 10.0. The molecule has 0 saturated carbocycles. The average Bonchev–Trinajstić information content (AvgIpc) is 3.21. The van der Waals surface area contributed by atoms with E-state index in [2.05, 4.69) is 84.5 Å². The minimum Gasteiger partial charge on any atom is -0.490 e. The number of aryl methyl sites for hydroxylation is 3. The lowest BCUT2D eigenvalue weighted by Gasteiger charge is -2.30. The number of aromatic nitrogens is 2. The van der Waals surface area contributed by atoms with Gasteiger partial charge < -0.3 is 14.8 Å². The fraction of sp³-hybridized carbons (Fsp3) is 0.250. The van der Waals surface area contributed by atoms with Gasteiger partial charge >= 0.3 is 0 Å². The van der Waals surface area contributed by atoms with Crippen LogP contribution in [0, 0.1) is 20.8 Å². The quantitative estimate of drug-likeness (QED) is 0.376. The van der Waals surface area contributed by atoms with Crippen LogP contribution in [-0.2, 0) is 6.61 Å². The van der Waals surface area contributed by atoms with Crippen molar-refractivity contribution in [2.75, 3.05) is 11.9 Å². The number of benzene rings is 3. The average molecular weight is 440 g/mol. The number of fused-ring (bicyclic) bond motifs is 3. The maximum Gasteiger partial charge on any atom is 0.161 e. The third-order valence-electron chi connectivity index (χ3n) is 5.94. The highest BCUT2D eigenvalue weighted by Crippen LogP contribution is 2.40. The summed E-state index contributed by atoms with van der Waals surface area (Å²) in [7, 11) is 0. The molecule has 1 atom stereocenters. The second-order valence-corrected chi connectivity index (χ2v) is 8.62. The van der Waals surface area contributed by atoms with Gasteiger partial charge in [0.15, 0.2) is 11.5 Å². The molecule has 33 heavy (non-hydrogen) atoms. The molecule has 1 aliphatic heterocycles. The number of hydrogen-bond donors (Lipinski definition) is 1. The number of hydrogen-bond acceptors (Lipinski definition) is 4. The van der Waals surface area contributed by atoms with Gasteiger partial charge in [-0.25, -0.2) is 4.68 Å². The number of anilines is 1. The van der Waals surface area contributed by atoms with Gasteiger partial charge in [-0.05, 0) is 63.6 Å². The van der Waals surface area contributed by atoms with Crippen LogP contribution < -0.4 is 14.8 Å². The fourth-order valence-electron chi connectivity index (χ4n) is 4.27. The van der Waals surface area contributed by atoms with Crippen LogP contribution in [0.15, 0.2) is 66.7 Å². The maximum atomic E-state index is 6.13. The van der Waals surface area contributed by atoms with E-state index in [9.17, 15) is 0 Å². The van der Waals surface area contributed by atoms with E-state index in [0.717, 1.165) is 39.7 Å². The van der Waals surface area contributed by atoms with Gasteiger partial charge in [-0.2, -0.15) is 5.10 Å². The molecule has 0 radical (unpaired) electrons. The zero-order valence-corrected chi connectivity index (χ0v) is 19.6. The van der Waals surface area contributed by atoms with Crippen LogP contribution >= 0.6 is 0 Å². The van der Waals surface area contributed by atoms with Gasteiger partial charge in [0.1, 0.15) is 12.8 Å². The molecule has 1 aromatic heterocycles. The first-order valence-corrected chi connectivity index (χ1v) is 11.4. The van der Waals surface area contributed by atoms with E-state index in [4.69, 9.17) is 14.6 Å². The summed E-state index contributed by atoms with van der Waals surface area (Å²) in [6, 6.07) is 23.2. The van der Waals surface area contributed by atoms with Crippen molar-refractivity contribution in [1.29, 1.82) is 0 Å². The summed E-state index contributed by atoms with van der Waals surface area (Å²) >= 11 is 0. The van der Waals surface area contributed by atoms with Crippen molar-refractivity contribution in [1.82, 2.24) is 9.78 Å². The Morgan fingerprint density at radius 1 is 0.848 bits per heavy atom. The zero-order chi connectivity index (χ0) is 22.9. The fourth-order valence-corrected chi connectivity index (χ4v) is 4.27. The highest BCUT2D eigenvalue weighted by molar-refractivity contribution is 5.79. The van der Waals surface area contributed by atoms with Crippen LogP contribution in [0.5, 0.6) is 11.5 Å². The Morgan fingerprint density at radius 2 is 1.64 bits per heavy atom. The van der Waals surface area contributed by atoms with Crippen LogP contribution in [0.1, 0.15) is 41.0 Å². The van der Waals surface area contributed by atoms with Crippen LogP contribution in [0.2, 0.25) is 0 Å². The predicted molar refractivity (Wildman–Crippen MR) is 132 cm³/mol. The second kappa shape index (κ2) is 8.66. The molecular formula is C28H29N3O2. The molecule has 0 spiro atoms. The Hall–Kier alpha value is -3.73. The van der Waals surface area contributed by atoms with Gasteiger partial charge in [0.25, 0.3) is 0 Å². The van der Waals surface area contributed by atoms with Crippen molar-refractivity contribution in [2.24, 2.45) is 0 Å². The molecule has 1 aliphatic rings. The van der Waals surface area contributed by atoms with Gasteiger partial charge in [0.2, 0.25) is 0 Å². The smallest absolute Gasteiger partial charge is 0.161 e. The van der Waals surface area contributed by atoms with Crippen LogP contribution in [0.4, 0.5) is 5.69 Å². The molecule has 0 amide bonds. The molecule has 1 N–H and O–H groups in total. The summed E-state index contributed by atoms with van der Waals surface area (Å²) in [5.41, 5.74) is 9.06. The minimum absolute atomic E-state index is 0.130. The molecule has 0 saturated heterocycles. The van der Waals surface area contributed by atoms with Crippen molar-refractivity contribution < 1.29 is 9.47 Å². The van der Waals surface area contributed by atoms with Gasteiger partial charge in [0.05, 0.1) is 18.0 Å². The van der Waals surface area contributed by atoms with Crippen molar-refractivity contribution >= 4 is 5.69 Å². The number of nitrogens with one attached hydrogen (secondary N) is 1. The minimum atomic E-state index is -0.130. The van der Waals surface area contributed by atoms with E-state index >= 15 is 0 Å². The normalized spacial score (nSPS) is 14.2. The Bertz CT molecular complexity index is 1290. The van der Waals surface area contributed by atoms with Crippen molar-refractivity contribution in [3.63, 3.8) is 0 Å². The first-order valence-electron chi connectivity index (χ1n) is 11.4. The van der Waals surface area contributed by atoms with E-state index in [0.29, 0.717) is 13.2 Å². The van der Waals surface area contributed by atoms with Crippen LogP contribution in [0.3, 0.4) is 0 Å². The van der Waals surface area contributed by atoms with Gasteiger partial charge in [0, 0.05) is 16.8 Å². The summed E-state index contributed by atoms with van der Waals surface area (Å²) in [5, 5.41) is 8.47. The van der Waals surface area contributed by atoms with Crippen molar-refractivity contribution in [2.45, 2.75) is 40.5 Å².